The molecule has 1 aromatic carbocycles. The molecule has 0 saturated heterocycles. The Morgan fingerprint density at radius 3 is 2.64 bits per heavy atom. The van der Waals surface area contributed by atoms with Crippen LogP contribution in [-0.4, -0.2) is 28.0 Å². The third-order valence-corrected chi connectivity index (χ3v) is 5.17. The van der Waals surface area contributed by atoms with Crippen molar-refractivity contribution in [3.63, 3.8) is 0 Å². The zero-order chi connectivity index (χ0) is 20.4. The van der Waals surface area contributed by atoms with E-state index >= 15 is 0 Å². The van der Waals surface area contributed by atoms with E-state index in [9.17, 15) is 4.79 Å². The van der Waals surface area contributed by atoms with Gasteiger partial charge in [-0.3, -0.25) is 0 Å². The number of aromatic amines is 1. The zero-order valence-corrected chi connectivity index (χ0v) is 18.4. The summed E-state index contributed by atoms with van der Waals surface area (Å²) >= 11 is 15.5. The molecule has 0 amide bonds. The second kappa shape index (κ2) is 8.51. The number of H-pyrrole nitrogens is 1. The van der Waals surface area contributed by atoms with Gasteiger partial charge in [0.1, 0.15) is 11.4 Å². The summed E-state index contributed by atoms with van der Waals surface area (Å²) < 4.78 is 5.50. The van der Waals surface area contributed by atoms with Crippen LogP contribution in [0.5, 0.6) is 0 Å². The van der Waals surface area contributed by atoms with Crippen molar-refractivity contribution in [2.45, 2.75) is 19.8 Å². The number of carbonyl (C=O) groups is 1. The lowest BCUT2D eigenvalue weighted by atomic mass is 10.0. The Bertz CT molecular complexity index is 1040. The van der Waals surface area contributed by atoms with Crippen molar-refractivity contribution >= 4 is 56.9 Å². The van der Waals surface area contributed by atoms with E-state index in [4.69, 9.17) is 27.9 Å². The number of hydrogen-bond donors (Lipinski definition) is 2. The Kier molecular flexibility index (Phi) is 6.27. The van der Waals surface area contributed by atoms with Crippen molar-refractivity contribution in [1.82, 2.24) is 15.0 Å². The van der Waals surface area contributed by atoms with Crippen LogP contribution in [0.3, 0.4) is 0 Å². The molecule has 2 heterocycles. The van der Waals surface area contributed by atoms with Crippen LogP contribution >= 0.6 is 39.1 Å². The van der Waals surface area contributed by atoms with Crippen LogP contribution in [0.4, 0.5) is 11.8 Å². The molecular formula is C19H17BrCl2N4O2. The second-order valence-electron chi connectivity index (χ2n) is 6.30. The maximum Gasteiger partial charge on any atom is 0.341 e. The first kappa shape index (κ1) is 20.6. The Morgan fingerprint density at radius 1 is 1.25 bits per heavy atom. The number of carbonyl (C=O) groups excluding carboxylic acids is 1. The van der Waals surface area contributed by atoms with Crippen molar-refractivity contribution in [2.24, 2.45) is 0 Å². The third-order valence-electron chi connectivity index (χ3n) is 4.00. The molecule has 3 aromatic rings. The first-order valence-corrected chi connectivity index (χ1v) is 9.91. The topological polar surface area (TPSA) is 79.9 Å². The molecule has 3 rings (SSSR count). The normalized spacial score (nSPS) is 11.0. The zero-order valence-electron chi connectivity index (χ0n) is 15.3. The molecule has 2 aromatic heterocycles. The summed E-state index contributed by atoms with van der Waals surface area (Å²) in [6, 6.07) is 7.00. The van der Waals surface area contributed by atoms with Gasteiger partial charge in [0.15, 0.2) is 0 Å². The fraction of sp³-hybridized carbons (Fsp3) is 0.211. The molecule has 6 nitrogen and oxygen atoms in total. The van der Waals surface area contributed by atoms with Crippen molar-refractivity contribution in [3.05, 3.63) is 56.2 Å². The maximum absolute atomic E-state index is 12.1. The Morgan fingerprint density at radius 2 is 2.00 bits per heavy atom. The number of ether oxygens (including phenoxy) is 1. The third kappa shape index (κ3) is 4.32. The number of pyridine rings is 1. The molecule has 2 N–H and O–H groups in total. The number of imidazole rings is 1. The summed E-state index contributed by atoms with van der Waals surface area (Å²) in [4.78, 5) is 24.2. The van der Waals surface area contributed by atoms with Crippen molar-refractivity contribution in [3.8, 4) is 11.3 Å². The summed E-state index contributed by atoms with van der Waals surface area (Å²) in [5, 5.41) is 4.00. The van der Waals surface area contributed by atoms with Gasteiger partial charge in [-0.05, 0) is 40.0 Å². The van der Waals surface area contributed by atoms with Crippen LogP contribution in [0.2, 0.25) is 10.0 Å². The van der Waals surface area contributed by atoms with Gasteiger partial charge in [0.05, 0.1) is 22.8 Å². The number of benzene rings is 1. The number of hydrogen-bond acceptors (Lipinski definition) is 5. The Hall–Kier alpha value is -2.09. The predicted molar refractivity (Wildman–Crippen MR) is 115 cm³/mol. The fourth-order valence-corrected chi connectivity index (χ4v) is 3.27. The fourth-order valence-electron chi connectivity index (χ4n) is 2.64. The van der Waals surface area contributed by atoms with E-state index in [1.165, 1.54) is 7.11 Å². The first-order valence-electron chi connectivity index (χ1n) is 8.36. The highest BCUT2D eigenvalue weighted by molar-refractivity contribution is 9.10. The van der Waals surface area contributed by atoms with Gasteiger partial charge < -0.3 is 15.0 Å². The van der Waals surface area contributed by atoms with E-state index < -0.39 is 5.97 Å². The van der Waals surface area contributed by atoms with E-state index in [1.54, 1.807) is 24.4 Å². The standard InChI is InChI=1S/C19H17BrCl2N4O2/c1-9(2)15-16(10-4-5-13(21)14(22)6-10)25-19(24-15)26-17-12(18(27)28-3)7-11(20)8-23-17/h4-9H,1-3H3,(H2,23,24,25,26). The number of nitrogens with one attached hydrogen (secondary N) is 2. The van der Waals surface area contributed by atoms with Crippen LogP contribution in [0.25, 0.3) is 11.3 Å². The molecule has 0 saturated carbocycles. The molecule has 0 radical (unpaired) electrons. The van der Waals surface area contributed by atoms with E-state index in [2.05, 4.69) is 50.0 Å². The van der Waals surface area contributed by atoms with Crippen LogP contribution in [0.15, 0.2) is 34.9 Å². The van der Waals surface area contributed by atoms with Crippen LogP contribution in [0.1, 0.15) is 35.8 Å². The van der Waals surface area contributed by atoms with Gasteiger partial charge in [-0.25, -0.2) is 14.8 Å². The van der Waals surface area contributed by atoms with Crippen LogP contribution in [0, 0.1) is 0 Å². The maximum atomic E-state index is 12.1. The van der Waals surface area contributed by atoms with Gasteiger partial charge in [0.25, 0.3) is 0 Å². The van der Waals surface area contributed by atoms with E-state index in [-0.39, 0.29) is 11.5 Å². The first-order chi connectivity index (χ1) is 13.3. The smallest absolute Gasteiger partial charge is 0.341 e. The molecule has 0 bridgehead atoms. The monoisotopic (exact) mass is 482 g/mol. The second-order valence-corrected chi connectivity index (χ2v) is 8.03. The molecule has 146 valence electrons. The summed E-state index contributed by atoms with van der Waals surface area (Å²) in [5.74, 6) is 0.451. The Balaban J connectivity index is 2.03. The Labute approximate surface area is 180 Å². The molecule has 0 aliphatic heterocycles. The SMILES string of the molecule is COC(=O)c1cc(Br)cnc1Nc1nc(-c2ccc(Cl)c(Cl)c2)c(C(C)C)[nH]1. The minimum Gasteiger partial charge on any atom is -0.465 e. The highest BCUT2D eigenvalue weighted by Crippen LogP contribution is 2.33. The lowest BCUT2D eigenvalue weighted by Gasteiger charge is -2.08. The minimum absolute atomic E-state index is 0.172. The molecule has 0 spiro atoms. The molecule has 0 aliphatic carbocycles. The lowest BCUT2D eigenvalue weighted by molar-refractivity contribution is 0.0601. The van der Waals surface area contributed by atoms with Crippen LogP contribution in [-0.2, 0) is 4.74 Å². The lowest BCUT2D eigenvalue weighted by Crippen LogP contribution is -2.08. The van der Waals surface area contributed by atoms with Crippen molar-refractivity contribution < 1.29 is 9.53 Å². The van der Waals surface area contributed by atoms with Crippen molar-refractivity contribution in [2.75, 3.05) is 12.4 Å². The highest BCUT2D eigenvalue weighted by Gasteiger charge is 2.19. The average Bonchev–Trinajstić information content (AvgIpc) is 3.09. The van der Waals surface area contributed by atoms with E-state index in [1.807, 2.05) is 6.07 Å². The van der Waals surface area contributed by atoms with E-state index in [0.29, 0.717) is 26.3 Å². The summed E-state index contributed by atoms with van der Waals surface area (Å²) in [5.41, 5.74) is 2.78. The molecule has 0 aliphatic rings. The van der Waals surface area contributed by atoms with Gasteiger partial charge in [-0.1, -0.05) is 43.1 Å². The number of esters is 1. The van der Waals surface area contributed by atoms with E-state index in [0.717, 1.165) is 17.0 Å². The van der Waals surface area contributed by atoms with Crippen molar-refractivity contribution in [1.29, 1.82) is 0 Å². The van der Waals surface area contributed by atoms with Gasteiger partial charge in [-0.2, -0.15) is 0 Å². The van der Waals surface area contributed by atoms with Gasteiger partial charge in [-0.15, -0.1) is 0 Å². The number of methoxy groups -OCH3 is 1. The molecule has 0 fully saturated rings. The minimum atomic E-state index is -0.503. The van der Waals surface area contributed by atoms with Crippen LogP contribution < -0.4 is 5.32 Å². The predicted octanol–water partition coefficient (Wildman–Crippen LogP) is 6.19. The number of aromatic nitrogens is 3. The van der Waals surface area contributed by atoms with Gasteiger partial charge in [0.2, 0.25) is 5.95 Å². The molecule has 0 atom stereocenters. The molecule has 9 heteroatoms. The molecule has 28 heavy (non-hydrogen) atoms. The average molecular weight is 484 g/mol. The largest absolute Gasteiger partial charge is 0.465 e. The molecule has 0 unspecified atom stereocenters. The summed E-state index contributed by atoms with van der Waals surface area (Å²) in [7, 11) is 1.32. The number of anilines is 2. The highest BCUT2D eigenvalue weighted by atomic mass is 79.9. The summed E-state index contributed by atoms with van der Waals surface area (Å²) in [6.07, 6.45) is 1.58. The summed E-state index contributed by atoms with van der Waals surface area (Å²) in [6.45, 7) is 4.10. The number of rotatable bonds is 5. The van der Waals surface area contributed by atoms with Gasteiger partial charge >= 0.3 is 5.97 Å². The quantitative estimate of drug-likeness (QED) is 0.422. The number of nitrogens with zero attached hydrogens (tertiary/aromatic N) is 2. The molecular weight excluding hydrogens is 467 g/mol. The van der Waals surface area contributed by atoms with Gasteiger partial charge in [0, 0.05) is 21.9 Å². The number of halogens is 3.